The molecule has 0 spiro atoms. The molecular formula is C2H6Na2O6S. The summed E-state index contributed by atoms with van der Waals surface area (Å²) in [6.07, 6.45) is 0. The number of hydrogen-bond acceptors (Lipinski definition) is 4. The van der Waals surface area contributed by atoms with Crippen LogP contribution < -0.4 is 0 Å². The first-order valence-corrected chi connectivity index (χ1v) is 3.12. The zero-order valence-electron chi connectivity index (χ0n) is 4.14. The fraction of sp³-hybridized carbons (Fsp3) is 0.500. The van der Waals surface area contributed by atoms with Crippen LogP contribution in [0.3, 0.4) is 0 Å². The summed E-state index contributed by atoms with van der Waals surface area (Å²) in [6.45, 7) is -1.06. The van der Waals surface area contributed by atoms with Crippen molar-refractivity contribution in [3.05, 3.63) is 0 Å². The fourth-order valence-electron chi connectivity index (χ4n) is 0.125. The third-order valence-electron chi connectivity index (χ3n) is 0.331. The molecule has 0 aromatic heterocycles. The van der Waals surface area contributed by atoms with Crippen molar-refractivity contribution in [2.24, 2.45) is 0 Å². The minimum atomic E-state index is -4.60. The molecular weight excluding hydrogens is 198 g/mol. The van der Waals surface area contributed by atoms with E-state index >= 15 is 0 Å². The molecule has 0 fully saturated rings. The summed E-state index contributed by atoms with van der Waals surface area (Å²) in [7, 11) is -4.60. The van der Waals surface area contributed by atoms with Crippen LogP contribution in [0.15, 0.2) is 0 Å². The molecule has 0 amide bonds. The van der Waals surface area contributed by atoms with Gasteiger partial charge in [-0.3, -0.25) is 4.55 Å². The fourth-order valence-corrected chi connectivity index (χ4v) is 0.375. The first kappa shape index (κ1) is 18.2. The maximum absolute atomic E-state index is 9.61. The summed E-state index contributed by atoms with van der Waals surface area (Å²) in [4.78, 5) is 9.55. The van der Waals surface area contributed by atoms with Crippen LogP contribution in [0.4, 0.5) is 0 Å². The van der Waals surface area contributed by atoms with Gasteiger partial charge in [-0.2, -0.15) is 8.42 Å². The number of carboxylic acids is 1. The van der Waals surface area contributed by atoms with Gasteiger partial charge in [-0.25, -0.2) is 8.98 Å². The maximum atomic E-state index is 9.61. The topological polar surface area (TPSA) is 101 Å². The molecule has 0 rings (SSSR count). The molecule has 0 aromatic rings. The molecule has 0 aromatic carbocycles. The average Bonchev–Trinajstić information content (AvgIpc) is 1.59. The van der Waals surface area contributed by atoms with Crippen LogP contribution in [0.5, 0.6) is 0 Å². The molecule has 0 saturated heterocycles. The zero-order chi connectivity index (χ0) is 7.49. The van der Waals surface area contributed by atoms with E-state index in [0.29, 0.717) is 0 Å². The van der Waals surface area contributed by atoms with Gasteiger partial charge in [-0.1, -0.05) is 0 Å². The van der Waals surface area contributed by atoms with Gasteiger partial charge < -0.3 is 5.11 Å². The van der Waals surface area contributed by atoms with Crippen LogP contribution in [0.2, 0.25) is 0 Å². The Labute approximate surface area is 108 Å². The van der Waals surface area contributed by atoms with Gasteiger partial charge in [0.05, 0.1) is 0 Å². The average molecular weight is 204 g/mol. The van der Waals surface area contributed by atoms with E-state index in [1.807, 2.05) is 0 Å². The summed E-state index contributed by atoms with van der Waals surface area (Å²) < 4.78 is 30.4. The van der Waals surface area contributed by atoms with Crippen LogP contribution in [0.1, 0.15) is 0 Å². The molecule has 0 aliphatic carbocycles. The van der Waals surface area contributed by atoms with E-state index in [2.05, 4.69) is 4.18 Å². The molecule has 58 valence electrons. The van der Waals surface area contributed by atoms with Gasteiger partial charge in [-0.05, 0) is 0 Å². The Morgan fingerprint density at radius 3 is 1.82 bits per heavy atom. The third kappa shape index (κ3) is 18.4. The monoisotopic (exact) mass is 204 g/mol. The predicted octanol–water partition coefficient (Wildman–Crippen LogP) is -2.41. The quantitative estimate of drug-likeness (QED) is 0.392. The van der Waals surface area contributed by atoms with E-state index in [1.165, 1.54) is 0 Å². The van der Waals surface area contributed by atoms with E-state index < -0.39 is 23.0 Å². The second-order valence-electron chi connectivity index (χ2n) is 1.08. The summed E-state index contributed by atoms with van der Waals surface area (Å²) in [6, 6.07) is 0. The van der Waals surface area contributed by atoms with Crippen molar-refractivity contribution in [2.75, 3.05) is 6.61 Å². The summed E-state index contributed by atoms with van der Waals surface area (Å²) in [5, 5.41) is 7.78. The van der Waals surface area contributed by atoms with Gasteiger partial charge in [0.1, 0.15) is 0 Å². The molecule has 6 nitrogen and oxygen atoms in total. The second-order valence-corrected chi connectivity index (χ2v) is 2.17. The van der Waals surface area contributed by atoms with Crippen LogP contribution in [0, 0.1) is 0 Å². The number of aliphatic carboxylic acids is 1. The van der Waals surface area contributed by atoms with E-state index in [0.717, 1.165) is 0 Å². The summed E-state index contributed by atoms with van der Waals surface area (Å²) in [5.41, 5.74) is 0. The number of hydrogen-bond donors (Lipinski definition) is 2. The van der Waals surface area contributed by atoms with Gasteiger partial charge in [0, 0.05) is 0 Å². The molecule has 0 atom stereocenters. The van der Waals surface area contributed by atoms with Gasteiger partial charge in [0.15, 0.2) is 6.61 Å². The Balaban J connectivity index is -0.000000320. The Kier molecular flexibility index (Phi) is 13.2. The minimum absolute atomic E-state index is 0. The van der Waals surface area contributed by atoms with Crippen molar-refractivity contribution in [2.45, 2.75) is 0 Å². The summed E-state index contributed by atoms with van der Waals surface area (Å²) in [5.74, 6) is -1.47. The van der Waals surface area contributed by atoms with Crippen molar-refractivity contribution in [1.29, 1.82) is 0 Å². The van der Waals surface area contributed by atoms with Crippen molar-refractivity contribution >= 4 is 75.5 Å². The molecule has 0 radical (unpaired) electrons. The molecule has 0 aliphatic rings. The molecule has 11 heavy (non-hydrogen) atoms. The van der Waals surface area contributed by atoms with E-state index in [9.17, 15) is 13.2 Å². The normalized spacial score (nSPS) is 9.18. The van der Waals surface area contributed by atoms with Crippen LogP contribution in [-0.4, -0.2) is 89.8 Å². The van der Waals surface area contributed by atoms with Crippen molar-refractivity contribution in [3.63, 3.8) is 0 Å². The Bertz CT molecular complexity index is 197. The molecule has 0 saturated carbocycles. The van der Waals surface area contributed by atoms with Crippen LogP contribution in [-0.2, 0) is 19.4 Å². The van der Waals surface area contributed by atoms with E-state index in [1.54, 1.807) is 0 Å². The van der Waals surface area contributed by atoms with Crippen LogP contribution in [0.25, 0.3) is 0 Å². The van der Waals surface area contributed by atoms with E-state index in [4.69, 9.17) is 9.66 Å². The molecule has 2 N–H and O–H groups in total. The molecule has 0 bridgehead atoms. The molecule has 0 aliphatic heterocycles. The second kappa shape index (κ2) is 7.96. The standard InChI is InChI=1S/C2H4O6S.2Na.2H/c3-2(4)1-8-9(5,6)7;;;;/h1H2,(H,3,4)(H,5,6,7);;;;. The first-order chi connectivity index (χ1) is 3.92. The molecule has 0 heterocycles. The van der Waals surface area contributed by atoms with Gasteiger partial charge >= 0.3 is 75.5 Å². The number of carbonyl (C=O) groups is 1. The summed E-state index contributed by atoms with van der Waals surface area (Å²) >= 11 is 0. The Morgan fingerprint density at radius 1 is 1.36 bits per heavy atom. The zero-order valence-corrected chi connectivity index (χ0v) is 4.96. The third-order valence-corrected chi connectivity index (χ3v) is 0.747. The Morgan fingerprint density at radius 2 is 1.73 bits per heavy atom. The van der Waals surface area contributed by atoms with Crippen molar-refractivity contribution < 1.29 is 27.1 Å². The first-order valence-electron chi connectivity index (χ1n) is 1.75. The molecule has 9 heteroatoms. The van der Waals surface area contributed by atoms with Crippen molar-refractivity contribution in [1.82, 2.24) is 0 Å². The predicted molar refractivity (Wildman–Crippen MR) is 39.4 cm³/mol. The van der Waals surface area contributed by atoms with Gasteiger partial charge in [-0.15, -0.1) is 0 Å². The number of rotatable bonds is 3. The molecule has 0 unspecified atom stereocenters. The van der Waals surface area contributed by atoms with Crippen LogP contribution >= 0.6 is 0 Å². The van der Waals surface area contributed by atoms with Gasteiger partial charge in [0.25, 0.3) is 0 Å². The SMILES string of the molecule is O=C(O)COS(=O)(=O)O.[NaH].[NaH]. The van der Waals surface area contributed by atoms with Crippen molar-refractivity contribution in [3.8, 4) is 0 Å². The van der Waals surface area contributed by atoms with E-state index in [-0.39, 0.29) is 59.1 Å². The Hall–Kier alpha value is 1.34. The van der Waals surface area contributed by atoms with Gasteiger partial charge in [0.2, 0.25) is 0 Å². The number of carboxylic acid groups (broad SMARTS) is 1.